The predicted molar refractivity (Wildman–Crippen MR) is 123 cm³/mol. The monoisotopic (exact) mass is 428 g/mol. The van der Waals surface area contributed by atoms with Crippen LogP contribution in [0.3, 0.4) is 0 Å². The molecule has 7 heteroatoms. The van der Waals surface area contributed by atoms with Crippen LogP contribution in [0.15, 0.2) is 78.4 Å². The third-order valence-electron chi connectivity index (χ3n) is 4.53. The van der Waals surface area contributed by atoms with Gasteiger partial charge in [-0.15, -0.1) is 22.7 Å². The molecule has 0 unspecified atom stereocenters. The van der Waals surface area contributed by atoms with E-state index in [0.717, 1.165) is 42.7 Å². The van der Waals surface area contributed by atoms with Crippen LogP contribution in [0.5, 0.6) is 0 Å². The summed E-state index contributed by atoms with van der Waals surface area (Å²) in [6, 6.07) is 19.6. The second kappa shape index (κ2) is 8.14. The van der Waals surface area contributed by atoms with E-state index in [9.17, 15) is 4.79 Å². The lowest BCUT2D eigenvalue weighted by Gasteiger charge is -2.08. The third-order valence-corrected chi connectivity index (χ3v) is 6.54. The van der Waals surface area contributed by atoms with E-state index in [0.29, 0.717) is 0 Å². The second-order valence-corrected chi connectivity index (χ2v) is 8.53. The van der Waals surface area contributed by atoms with Gasteiger partial charge >= 0.3 is 0 Å². The van der Waals surface area contributed by atoms with Crippen molar-refractivity contribution in [2.24, 2.45) is 0 Å². The smallest absolute Gasteiger partial charge is 0.230 e. The highest BCUT2D eigenvalue weighted by Gasteiger charge is 2.14. The van der Waals surface area contributed by atoms with Crippen molar-refractivity contribution in [3.8, 4) is 21.1 Å². The molecule has 0 fully saturated rings. The van der Waals surface area contributed by atoms with Crippen LogP contribution in [-0.2, 0) is 11.2 Å². The Morgan fingerprint density at radius 1 is 0.933 bits per heavy atom. The van der Waals surface area contributed by atoms with Crippen molar-refractivity contribution >= 4 is 44.5 Å². The van der Waals surface area contributed by atoms with Gasteiger partial charge in [0.05, 0.1) is 28.0 Å². The molecule has 3 aromatic heterocycles. The first-order chi connectivity index (χ1) is 14.8. The molecule has 0 aliphatic carbocycles. The molecular weight excluding hydrogens is 412 g/mol. The molecule has 0 bridgehead atoms. The molecule has 3 heterocycles. The molecule has 1 amide bonds. The quantitative estimate of drug-likeness (QED) is 0.392. The van der Waals surface area contributed by atoms with E-state index in [1.54, 1.807) is 23.7 Å². The number of nitrogens with zero attached hydrogens (tertiary/aromatic N) is 3. The Balaban J connectivity index is 1.35. The van der Waals surface area contributed by atoms with Gasteiger partial charge in [-0.1, -0.05) is 24.3 Å². The Hall–Kier alpha value is -3.42. The van der Waals surface area contributed by atoms with Crippen LogP contribution < -0.4 is 5.32 Å². The average molecular weight is 429 g/mol. The summed E-state index contributed by atoms with van der Waals surface area (Å²) in [4.78, 5) is 26.1. The van der Waals surface area contributed by atoms with Crippen LogP contribution in [0.2, 0.25) is 0 Å². The molecule has 0 aliphatic rings. The van der Waals surface area contributed by atoms with Crippen molar-refractivity contribution in [2.45, 2.75) is 6.42 Å². The molecule has 0 radical (unpaired) electrons. The minimum Gasteiger partial charge on any atom is -0.325 e. The summed E-state index contributed by atoms with van der Waals surface area (Å²) < 4.78 is 1.12. The SMILES string of the molecule is O=C(Cc1csc(-c2cccnc2)n1)Nc1ccccc1-c1nc2ccccc2s1. The first kappa shape index (κ1) is 18.6. The molecule has 146 valence electrons. The fourth-order valence-electron chi connectivity index (χ4n) is 3.13. The number of carbonyl (C=O) groups is 1. The number of nitrogens with one attached hydrogen (secondary N) is 1. The minimum atomic E-state index is -0.105. The predicted octanol–water partition coefficient (Wildman–Crippen LogP) is 5.66. The van der Waals surface area contributed by atoms with E-state index >= 15 is 0 Å². The van der Waals surface area contributed by atoms with Crippen molar-refractivity contribution < 1.29 is 4.79 Å². The molecule has 5 aromatic rings. The number of hydrogen-bond donors (Lipinski definition) is 1. The van der Waals surface area contributed by atoms with Gasteiger partial charge in [0.15, 0.2) is 0 Å². The van der Waals surface area contributed by atoms with Crippen LogP contribution in [0, 0.1) is 0 Å². The highest BCUT2D eigenvalue weighted by atomic mass is 32.1. The molecule has 1 N–H and O–H groups in total. The lowest BCUT2D eigenvalue weighted by molar-refractivity contribution is -0.115. The van der Waals surface area contributed by atoms with Gasteiger partial charge in [0.25, 0.3) is 0 Å². The summed E-state index contributed by atoms with van der Waals surface area (Å²) in [5.41, 5.74) is 4.33. The first-order valence-electron chi connectivity index (χ1n) is 9.36. The summed E-state index contributed by atoms with van der Waals surface area (Å²) in [5, 5.41) is 6.70. The van der Waals surface area contributed by atoms with E-state index in [-0.39, 0.29) is 12.3 Å². The zero-order valence-electron chi connectivity index (χ0n) is 15.8. The summed E-state index contributed by atoms with van der Waals surface area (Å²) in [6.45, 7) is 0. The van der Waals surface area contributed by atoms with Gasteiger partial charge in [0, 0.05) is 28.9 Å². The Labute approximate surface area is 181 Å². The number of benzene rings is 2. The average Bonchev–Trinajstić information content (AvgIpc) is 3.41. The molecule has 2 aromatic carbocycles. The maximum Gasteiger partial charge on any atom is 0.230 e. The number of rotatable bonds is 5. The normalized spacial score (nSPS) is 10.9. The highest BCUT2D eigenvalue weighted by Crippen LogP contribution is 2.34. The van der Waals surface area contributed by atoms with Gasteiger partial charge in [-0.3, -0.25) is 9.78 Å². The van der Waals surface area contributed by atoms with Gasteiger partial charge in [-0.2, -0.15) is 0 Å². The molecule has 5 rings (SSSR count). The Morgan fingerprint density at radius 3 is 2.67 bits per heavy atom. The van der Waals surface area contributed by atoms with Crippen molar-refractivity contribution in [1.29, 1.82) is 0 Å². The van der Waals surface area contributed by atoms with E-state index in [1.165, 1.54) is 11.3 Å². The van der Waals surface area contributed by atoms with Crippen molar-refractivity contribution in [1.82, 2.24) is 15.0 Å². The lowest BCUT2D eigenvalue weighted by atomic mass is 10.1. The van der Waals surface area contributed by atoms with Gasteiger partial charge in [0.2, 0.25) is 5.91 Å². The second-order valence-electron chi connectivity index (χ2n) is 6.64. The van der Waals surface area contributed by atoms with E-state index in [1.807, 2.05) is 60.0 Å². The molecule has 0 saturated carbocycles. The fourth-order valence-corrected chi connectivity index (χ4v) is 4.95. The van der Waals surface area contributed by atoms with Crippen LogP contribution in [-0.4, -0.2) is 20.9 Å². The van der Waals surface area contributed by atoms with Crippen LogP contribution in [0.25, 0.3) is 31.4 Å². The third kappa shape index (κ3) is 3.85. The molecule has 0 spiro atoms. The van der Waals surface area contributed by atoms with E-state index in [4.69, 9.17) is 4.98 Å². The number of fused-ring (bicyclic) bond motifs is 1. The van der Waals surface area contributed by atoms with Crippen molar-refractivity contribution in [2.75, 3.05) is 5.32 Å². The lowest BCUT2D eigenvalue weighted by Crippen LogP contribution is -2.15. The van der Waals surface area contributed by atoms with E-state index in [2.05, 4.69) is 21.4 Å². The Bertz CT molecular complexity index is 1290. The Kier molecular flexibility index (Phi) is 5.04. The topological polar surface area (TPSA) is 67.8 Å². The zero-order chi connectivity index (χ0) is 20.3. The van der Waals surface area contributed by atoms with Crippen LogP contribution in [0.1, 0.15) is 5.69 Å². The maximum atomic E-state index is 12.7. The molecule has 0 atom stereocenters. The van der Waals surface area contributed by atoms with Gasteiger partial charge in [-0.05, 0) is 36.4 Å². The number of carbonyl (C=O) groups excluding carboxylic acids is 1. The minimum absolute atomic E-state index is 0.105. The van der Waals surface area contributed by atoms with Gasteiger partial charge in [0.1, 0.15) is 10.0 Å². The maximum absolute atomic E-state index is 12.7. The number of hydrogen-bond acceptors (Lipinski definition) is 6. The van der Waals surface area contributed by atoms with Crippen molar-refractivity contribution in [3.05, 3.63) is 84.1 Å². The largest absolute Gasteiger partial charge is 0.325 e. The van der Waals surface area contributed by atoms with E-state index < -0.39 is 0 Å². The molecular formula is C23H16N4OS2. The molecule has 0 saturated heterocycles. The molecule has 0 aliphatic heterocycles. The Morgan fingerprint density at radius 2 is 1.80 bits per heavy atom. The summed E-state index contributed by atoms with van der Waals surface area (Å²) >= 11 is 3.13. The number of pyridine rings is 1. The number of anilines is 1. The zero-order valence-corrected chi connectivity index (χ0v) is 17.4. The number of para-hydroxylation sites is 2. The summed E-state index contributed by atoms with van der Waals surface area (Å²) in [6.07, 6.45) is 3.72. The summed E-state index contributed by atoms with van der Waals surface area (Å²) in [7, 11) is 0. The van der Waals surface area contributed by atoms with Crippen molar-refractivity contribution in [3.63, 3.8) is 0 Å². The molecule has 5 nitrogen and oxygen atoms in total. The number of aromatic nitrogens is 3. The van der Waals surface area contributed by atoms with Crippen LogP contribution in [0.4, 0.5) is 5.69 Å². The summed E-state index contributed by atoms with van der Waals surface area (Å²) in [5.74, 6) is -0.105. The molecule has 30 heavy (non-hydrogen) atoms. The van der Waals surface area contributed by atoms with Gasteiger partial charge in [-0.25, -0.2) is 9.97 Å². The standard InChI is InChI=1S/C23H16N4OS2/c28-21(12-16-14-29-22(25-16)15-6-5-11-24-13-15)26-18-8-2-1-7-17(18)23-27-19-9-3-4-10-20(19)30-23/h1-11,13-14H,12H2,(H,26,28). The fraction of sp³-hybridized carbons (Fsp3) is 0.0435. The van der Waals surface area contributed by atoms with Gasteiger partial charge < -0.3 is 5.32 Å². The highest BCUT2D eigenvalue weighted by molar-refractivity contribution is 7.21. The first-order valence-corrected chi connectivity index (χ1v) is 11.1. The number of amides is 1. The van der Waals surface area contributed by atoms with Crippen LogP contribution >= 0.6 is 22.7 Å². The number of thiazole rings is 2.